The Morgan fingerprint density at radius 3 is 2.20 bits per heavy atom. The van der Waals surface area contributed by atoms with Crippen molar-refractivity contribution >= 4 is 35.0 Å². The third-order valence-electron chi connectivity index (χ3n) is 3.96. The monoisotopic (exact) mass is 367 g/mol. The number of carbonyl (C=O) groups excluding carboxylic acids is 1. The number of alkyl halides is 2. The van der Waals surface area contributed by atoms with Crippen molar-refractivity contribution in [3.8, 4) is 0 Å². The normalized spacial score (nSPS) is 12.0. The van der Waals surface area contributed by atoms with E-state index in [1.165, 1.54) is 0 Å². The van der Waals surface area contributed by atoms with Crippen LogP contribution in [0.4, 0.5) is 13.2 Å². The maximum absolute atomic E-state index is 14.5. The summed E-state index contributed by atoms with van der Waals surface area (Å²) in [7, 11) is -2.12. The first kappa shape index (κ1) is 17.4. The largest absolute Gasteiger partial charge is 0.302 e. The van der Waals surface area contributed by atoms with Crippen LogP contribution in [0.3, 0.4) is 0 Å². The van der Waals surface area contributed by atoms with Gasteiger partial charge in [-0.3, -0.25) is 4.79 Å². The Morgan fingerprint density at radius 2 is 1.80 bits per heavy atom. The molecule has 0 spiro atoms. The second kappa shape index (κ2) is 6.84. The van der Waals surface area contributed by atoms with Crippen molar-refractivity contribution in [1.82, 2.24) is 4.98 Å². The van der Waals surface area contributed by atoms with Crippen LogP contribution in [0.25, 0.3) is 0 Å². The van der Waals surface area contributed by atoms with Crippen LogP contribution in [0.2, 0.25) is 18.1 Å². The van der Waals surface area contributed by atoms with E-state index in [0.717, 1.165) is 18.1 Å². The molecule has 2 nitrogen and oxygen atoms in total. The van der Waals surface area contributed by atoms with Crippen LogP contribution in [0.5, 0.6) is 0 Å². The Labute approximate surface area is 125 Å². The van der Waals surface area contributed by atoms with Gasteiger partial charge in [0.05, 0.1) is 8.07 Å². The number of hydrogen-bond donors (Lipinski definition) is 0. The topological polar surface area (TPSA) is 30.0 Å². The zero-order valence-electron chi connectivity index (χ0n) is 11.6. The number of Topliss-reactive ketones (excluding diaryl/α,β-unsaturated/α-hetero) is 1. The van der Waals surface area contributed by atoms with Gasteiger partial charge in [0.15, 0.2) is 5.82 Å². The van der Waals surface area contributed by atoms with Crippen molar-refractivity contribution in [2.24, 2.45) is 0 Å². The van der Waals surface area contributed by atoms with Crippen molar-refractivity contribution in [3.05, 3.63) is 22.2 Å². The van der Waals surface area contributed by atoms with Crippen LogP contribution < -0.4 is 5.19 Å². The molecule has 0 unspecified atom stereocenters. The molecular formula is C13H17BrF3NOSi. The molecule has 0 saturated heterocycles. The molecule has 0 fully saturated rings. The van der Waals surface area contributed by atoms with E-state index in [9.17, 15) is 18.0 Å². The first-order valence-electron chi connectivity index (χ1n) is 6.51. The average molecular weight is 368 g/mol. The number of ketones is 1. The van der Waals surface area contributed by atoms with Gasteiger partial charge in [-0.1, -0.05) is 38.9 Å². The van der Waals surface area contributed by atoms with E-state index in [0.29, 0.717) is 5.19 Å². The average Bonchev–Trinajstić information content (AvgIpc) is 2.43. The van der Waals surface area contributed by atoms with Crippen molar-refractivity contribution in [2.75, 3.05) is 0 Å². The number of halogens is 4. The molecule has 20 heavy (non-hydrogen) atoms. The molecule has 1 rings (SSSR count). The summed E-state index contributed by atoms with van der Waals surface area (Å²) >= 11 is 3.09. The predicted molar refractivity (Wildman–Crippen MR) is 79.1 cm³/mol. The highest BCUT2D eigenvalue weighted by Gasteiger charge is 2.35. The molecule has 0 amide bonds. The van der Waals surface area contributed by atoms with Gasteiger partial charge in [0.2, 0.25) is 5.78 Å². The lowest BCUT2D eigenvalue weighted by atomic mass is 10.2. The van der Waals surface area contributed by atoms with Gasteiger partial charge in [0.25, 0.3) is 0 Å². The molecule has 112 valence electrons. The minimum atomic E-state index is -3.25. The van der Waals surface area contributed by atoms with Crippen molar-refractivity contribution in [1.29, 1.82) is 0 Å². The van der Waals surface area contributed by atoms with Crippen LogP contribution in [0.1, 0.15) is 31.3 Å². The number of carbonyl (C=O) groups is 1. The summed E-state index contributed by atoms with van der Waals surface area (Å²) in [6, 6.07) is 3.90. The second-order valence-electron chi connectivity index (χ2n) is 4.66. The molecule has 0 aliphatic carbocycles. The predicted octanol–water partition coefficient (Wildman–Crippen LogP) is 4.15. The highest BCUT2D eigenvalue weighted by atomic mass is 79.9. The fourth-order valence-corrected chi connectivity index (χ4v) is 6.76. The molecule has 7 heteroatoms. The Kier molecular flexibility index (Phi) is 5.94. The minimum absolute atomic E-state index is 0.227. The quantitative estimate of drug-likeness (QED) is 0.429. The Balaban J connectivity index is 3.53. The fourth-order valence-electron chi connectivity index (χ4n) is 2.47. The van der Waals surface area contributed by atoms with E-state index in [-0.39, 0.29) is 4.60 Å². The number of rotatable bonds is 6. The third-order valence-corrected chi connectivity index (χ3v) is 9.93. The summed E-state index contributed by atoms with van der Waals surface area (Å²) in [6.45, 7) is 5.92. The summed E-state index contributed by atoms with van der Waals surface area (Å²) in [6.07, 6.45) is -3.25. The molecule has 0 aliphatic rings. The summed E-state index contributed by atoms with van der Waals surface area (Å²) in [5.74, 6) is -2.42. The van der Waals surface area contributed by atoms with Crippen LogP contribution in [-0.2, 0) is 0 Å². The van der Waals surface area contributed by atoms with Gasteiger partial charge >= 0.3 is 6.43 Å². The first-order chi connectivity index (χ1) is 9.32. The van der Waals surface area contributed by atoms with E-state index in [1.807, 2.05) is 20.8 Å². The number of nitrogens with zero attached hydrogens (tertiary/aromatic N) is 1. The molecule has 0 saturated carbocycles. The van der Waals surface area contributed by atoms with Gasteiger partial charge in [-0.2, -0.15) is 0 Å². The number of aromatic nitrogens is 1. The molecule has 0 bridgehead atoms. The van der Waals surface area contributed by atoms with Crippen LogP contribution in [0, 0.1) is 5.82 Å². The molecule has 0 aromatic carbocycles. The molecule has 1 aromatic rings. The van der Waals surface area contributed by atoms with Gasteiger partial charge in [0.1, 0.15) is 10.3 Å². The molecule has 1 heterocycles. The number of hydrogen-bond acceptors (Lipinski definition) is 2. The van der Waals surface area contributed by atoms with Gasteiger partial charge < -0.3 is 0 Å². The lowest BCUT2D eigenvalue weighted by Crippen LogP contribution is -2.48. The van der Waals surface area contributed by atoms with E-state index in [4.69, 9.17) is 0 Å². The van der Waals surface area contributed by atoms with Gasteiger partial charge in [-0.05, 0) is 27.2 Å². The number of pyridine rings is 1. The highest BCUT2D eigenvalue weighted by molar-refractivity contribution is 9.10. The van der Waals surface area contributed by atoms with Gasteiger partial charge in [-0.15, -0.1) is 0 Å². The Morgan fingerprint density at radius 1 is 1.30 bits per heavy atom. The summed E-state index contributed by atoms with van der Waals surface area (Å²) in [4.78, 5) is 15.0. The maximum atomic E-state index is 14.5. The Hall–Kier alpha value is -0.693. The van der Waals surface area contributed by atoms with E-state index in [2.05, 4.69) is 20.9 Å². The van der Waals surface area contributed by atoms with E-state index >= 15 is 0 Å². The SMILES string of the molecule is CC[Si](CC)(CC)c1cc(Br)nc(C(=O)C(F)F)c1F. The smallest absolute Gasteiger partial charge is 0.286 e. The Bertz CT molecular complexity index is 498. The standard InChI is InChI=1S/C13H17BrF3NOSi/c1-4-20(5-2,6-3)8-7-9(14)18-11(10(8)15)12(19)13(16)17/h7,13H,4-6H2,1-3H3. The van der Waals surface area contributed by atoms with Crippen molar-refractivity contribution in [3.63, 3.8) is 0 Å². The maximum Gasteiger partial charge on any atom is 0.302 e. The molecule has 0 atom stereocenters. The van der Waals surface area contributed by atoms with E-state index < -0.39 is 31.8 Å². The zero-order valence-corrected chi connectivity index (χ0v) is 14.2. The molecule has 0 aliphatic heterocycles. The molecule has 0 N–H and O–H groups in total. The van der Waals surface area contributed by atoms with Crippen LogP contribution >= 0.6 is 15.9 Å². The summed E-state index contributed by atoms with van der Waals surface area (Å²) in [5, 5.41) is 0.413. The van der Waals surface area contributed by atoms with Crippen molar-refractivity contribution in [2.45, 2.75) is 45.3 Å². The van der Waals surface area contributed by atoms with Gasteiger partial charge in [0, 0.05) is 0 Å². The first-order valence-corrected chi connectivity index (χ1v) is 9.93. The second-order valence-corrected chi connectivity index (χ2v) is 10.7. The van der Waals surface area contributed by atoms with Crippen molar-refractivity contribution < 1.29 is 18.0 Å². The molecule has 0 radical (unpaired) electrons. The molecule has 1 aromatic heterocycles. The third kappa shape index (κ3) is 3.14. The van der Waals surface area contributed by atoms with Crippen LogP contribution in [-0.4, -0.2) is 25.3 Å². The van der Waals surface area contributed by atoms with E-state index in [1.54, 1.807) is 6.07 Å². The fraction of sp³-hybridized carbons (Fsp3) is 0.538. The summed E-state index contributed by atoms with van der Waals surface area (Å²) in [5.41, 5.74) is -0.753. The minimum Gasteiger partial charge on any atom is -0.286 e. The molecular weight excluding hydrogens is 351 g/mol. The lowest BCUT2D eigenvalue weighted by Gasteiger charge is -2.29. The van der Waals surface area contributed by atoms with Gasteiger partial charge in [-0.25, -0.2) is 18.2 Å². The zero-order chi connectivity index (χ0) is 15.5. The summed E-state index contributed by atoms with van der Waals surface area (Å²) < 4.78 is 39.8. The lowest BCUT2D eigenvalue weighted by molar-refractivity contribution is 0.0668. The van der Waals surface area contributed by atoms with Crippen LogP contribution in [0.15, 0.2) is 10.7 Å². The highest BCUT2D eigenvalue weighted by Crippen LogP contribution is 2.24.